The van der Waals surface area contributed by atoms with E-state index in [2.05, 4.69) is 4.18 Å². The molecule has 1 aromatic rings. The van der Waals surface area contributed by atoms with Gasteiger partial charge in [0.2, 0.25) is 0 Å². The molecule has 4 nitrogen and oxygen atoms in total. The van der Waals surface area contributed by atoms with Gasteiger partial charge in [0.15, 0.2) is 0 Å². The molecule has 1 N–H and O–H groups in total. The topological polar surface area (TPSA) is 69.6 Å². The van der Waals surface area contributed by atoms with Crippen molar-refractivity contribution < 1.29 is 69.4 Å². The van der Waals surface area contributed by atoms with Crippen molar-refractivity contribution in [1.29, 1.82) is 0 Å². The maximum Gasteiger partial charge on any atom is 1.00 e. The van der Waals surface area contributed by atoms with Crippen molar-refractivity contribution in [3.8, 4) is 11.5 Å². The molecule has 1 aromatic carbocycles. The third-order valence-electron chi connectivity index (χ3n) is 1.00. The third kappa shape index (κ3) is 4.56. The van der Waals surface area contributed by atoms with Gasteiger partial charge in [-0.05, 0) is 24.3 Å². The minimum atomic E-state index is -2.55. The van der Waals surface area contributed by atoms with Crippen LogP contribution < -0.4 is 55.6 Å². The van der Waals surface area contributed by atoms with Gasteiger partial charge in [0.1, 0.15) is 22.9 Å². The van der Waals surface area contributed by atoms with Crippen LogP contribution in [-0.2, 0) is 11.4 Å². The first-order valence-electron chi connectivity index (χ1n) is 2.75. The van der Waals surface area contributed by atoms with Crippen LogP contribution in [0.5, 0.6) is 11.5 Å². The van der Waals surface area contributed by atoms with Gasteiger partial charge in [-0.2, -0.15) is 0 Å². The maximum absolute atomic E-state index is 9.97. The summed E-state index contributed by atoms with van der Waals surface area (Å²) in [6, 6.07) is 5.38. The van der Waals surface area contributed by atoms with E-state index < -0.39 is 11.4 Å². The smallest absolute Gasteiger partial charge is 0.740 e. The summed E-state index contributed by atoms with van der Waals surface area (Å²) in [6.07, 6.45) is 0. The van der Waals surface area contributed by atoms with Crippen molar-refractivity contribution in [2.45, 2.75) is 0 Å². The Labute approximate surface area is 115 Å². The molecule has 1 rings (SSSR count). The summed E-state index contributed by atoms with van der Waals surface area (Å²) in [5.41, 5.74) is 0. The summed E-state index contributed by atoms with van der Waals surface area (Å²) in [7, 11) is 0. The van der Waals surface area contributed by atoms with Crippen molar-refractivity contribution in [1.82, 2.24) is 0 Å². The van der Waals surface area contributed by atoms with E-state index in [9.17, 15) is 8.76 Å². The molecule has 0 radical (unpaired) electrons. The molecule has 6 heteroatoms. The van der Waals surface area contributed by atoms with Gasteiger partial charge in [0.05, 0.1) is 0 Å². The predicted molar refractivity (Wildman–Crippen MR) is 37.7 cm³/mol. The van der Waals surface area contributed by atoms with Crippen LogP contribution in [0.2, 0.25) is 0 Å². The Morgan fingerprint density at radius 1 is 1.33 bits per heavy atom. The van der Waals surface area contributed by atoms with Gasteiger partial charge in [-0.3, -0.25) is 0 Å². The van der Waals surface area contributed by atoms with Gasteiger partial charge in [-0.1, -0.05) is 0 Å². The fraction of sp³-hybridized carbons (Fsp3) is 0. The standard InChI is InChI=1S/C6H6O4S.K/c7-5-1-3-6(4-2-5)10-11(8)9;/h1-4,7H,(H,8,9);/q;+1/p-1. The zero-order valence-electron chi connectivity index (χ0n) is 6.39. The Morgan fingerprint density at radius 3 is 2.25 bits per heavy atom. The second-order valence-corrected chi connectivity index (χ2v) is 2.36. The first kappa shape index (κ1) is 12.6. The molecule has 0 saturated heterocycles. The van der Waals surface area contributed by atoms with Crippen LogP contribution in [0.1, 0.15) is 0 Å². The van der Waals surface area contributed by atoms with Crippen LogP contribution in [0, 0.1) is 0 Å². The van der Waals surface area contributed by atoms with E-state index in [4.69, 9.17) is 5.11 Å². The molecule has 0 aliphatic heterocycles. The summed E-state index contributed by atoms with van der Waals surface area (Å²) in [4.78, 5) is 0. The normalized spacial score (nSPS) is 11.4. The maximum atomic E-state index is 9.97. The second-order valence-electron chi connectivity index (χ2n) is 1.78. The number of rotatable bonds is 2. The summed E-state index contributed by atoms with van der Waals surface area (Å²) in [5, 5.41) is 8.78. The van der Waals surface area contributed by atoms with Crippen LogP contribution >= 0.6 is 0 Å². The first-order chi connectivity index (χ1) is 5.18. The van der Waals surface area contributed by atoms with Crippen LogP contribution in [0.3, 0.4) is 0 Å². The van der Waals surface area contributed by atoms with E-state index >= 15 is 0 Å². The Hall–Kier alpha value is 0.566. The zero-order chi connectivity index (χ0) is 8.27. The molecule has 1 unspecified atom stereocenters. The van der Waals surface area contributed by atoms with Gasteiger partial charge in [0.25, 0.3) is 0 Å². The van der Waals surface area contributed by atoms with Crippen LogP contribution in [0.4, 0.5) is 0 Å². The quantitative estimate of drug-likeness (QED) is 0.437. The molecule has 0 aliphatic carbocycles. The number of phenols is 1. The van der Waals surface area contributed by atoms with Crippen LogP contribution in [-0.4, -0.2) is 13.9 Å². The van der Waals surface area contributed by atoms with E-state index in [0.29, 0.717) is 0 Å². The SMILES string of the molecule is O=S([O-])Oc1ccc(O)cc1.[K+]. The van der Waals surface area contributed by atoms with E-state index in [0.717, 1.165) is 0 Å². The molecular weight excluding hydrogens is 207 g/mol. The number of hydrogen-bond acceptors (Lipinski definition) is 4. The predicted octanol–water partition coefficient (Wildman–Crippen LogP) is -2.43. The largest absolute Gasteiger partial charge is 1.00 e. The minimum Gasteiger partial charge on any atom is -0.740 e. The molecule has 0 heterocycles. The molecule has 1 atom stereocenters. The Bertz CT molecular complexity index is 261. The van der Waals surface area contributed by atoms with Crippen molar-refractivity contribution in [3.63, 3.8) is 0 Å². The van der Waals surface area contributed by atoms with E-state index in [1.54, 1.807) is 0 Å². The summed E-state index contributed by atoms with van der Waals surface area (Å²) in [6.45, 7) is 0. The van der Waals surface area contributed by atoms with Crippen molar-refractivity contribution in [2.75, 3.05) is 0 Å². The summed E-state index contributed by atoms with van der Waals surface area (Å²) < 4.78 is 24.2. The number of benzene rings is 1. The molecular formula is C6H5KO4S. The van der Waals surface area contributed by atoms with E-state index in [-0.39, 0.29) is 62.9 Å². The molecule has 0 aliphatic rings. The van der Waals surface area contributed by atoms with Crippen LogP contribution in [0.25, 0.3) is 0 Å². The Balaban J connectivity index is 0.00000121. The molecule has 0 saturated carbocycles. The van der Waals surface area contributed by atoms with Gasteiger partial charge in [-0.15, -0.1) is 0 Å². The molecule has 0 aromatic heterocycles. The Morgan fingerprint density at radius 2 is 1.83 bits per heavy atom. The molecule has 0 amide bonds. The average Bonchev–Trinajstić information content (AvgIpc) is 1.93. The molecule has 0 fully saturated rings. The summed E-state index contributed by atoms with van der Waals surface area (Å²) >= 11 is -2.55. The van der Waals surface area contributed by atoms with Gasteiger partial charge >= 0.3 is 51.4 Å². The number of phenolic OH excluding ortho intramolecular Hbond substituents is 1. The van der Waals surface area contributed by atoms with Gasteiger partial charge in [0, 0.05) is 0 Å². The number of hydrogen-bond donors (Lipinski definition) is 1. The third-order valence-corrected chi connectivity index (χ3v) is 1.33. The molecule has 0 spiro atoms. The second kappa shape index (κ2) is 6.09. The Kier molecular flexibility index (Phi) is 6.37. The average molecular weight is 212 g/mol. The minimum absolute atomic E-state index is 0. The molecule has 12 heavy (non-hydrogen) atoms. The first-order valence-corrected chi connectivity index (χ1v) is 3.75. The van der Waals surface area contributed by atoms with Crippen molar-refractivity contribution >= 4 is 11.4 Å². The van der Waals surface area contributed by atoms with E-state index in [1.165, 1.54) is 24.3 Å². The van der Waals surface area contributed by atoms with Gasteiger partial charge in [-0.25, -0.2) is 4.21 Å². The number of aromatic hydroxyl groups is 1. The van der Waals surface area contributed by atoms with Crippen LogP contribution in [0.15, 0.2) is 24.3 Å². The zero-order valence-corrected chi connectivity index (χ0v) is 10.3. The fourth-order valence-electron chi connectivity index (χ4n) is 0.580. The molecule has 0 bridgehead atoms. The van der Waals surface area contributed by atoms with Crippen molar-refractivity contribution in [3.05, 3.63) is 24.3 Å². The summed E-state index contributed by atoms with van der Waals surface area (Å²) in [5.74, 6) is 0.241. The van der Waals surface area contributed by atoms with Gasteiger partial charge < -0.3 is 13.8 Å². The molecule has 60 valence electrons. The van der Waals surface area contributed by atoms with E-state index in [1.807, 2.05) is 0 Å². The van der Waals surface area contributed by atoms with Crippen molar-refractivity contribution in [2.24, 2.45) is 0 Å². The fourth-order valence-corrected chi connectivity index (χ4v) is 0.849. The monoisotopic (exact) mass is 212 g/mol.